The van der Waals surface area contributed by atoms with Crippen LogP contribution in [-0.2, 0) is 14.8 Å². The standard InChI is InChI=1S/C18H18N4O3S3/c23-17(21-18-20-14(12-27-18)13-6-1-3-9-19-13)15-7-2-4-10-22(15)28(24,25)16-8-5-11-26-16/h1,3,5-6,8-9,11-12,15H,2,4,7,10H2,(H,20,21,23). The molecule has 0 spiro atoms. The van der Waals surface area contributed by atoms with Gasteiger partial charge in [0.1, 0.15) is 15.9 Å². The molecule has 3 aromatic rings. The number of hydrogen-bond donors (Lipinski definition) is 1. The van der Waals surface area contributed by atoms with Crippen LogP contribution >= 0.6 is 22.7 Å². The second-order valence-electron chi connectivity index (χ2n) is 6.30. The van der Waals surface area contributed by atoms with E-state index in [0.29, 0.717) is 23.8 Å². The zero-order valence-electron chi connectivity index (χ0n) is 14.8. The number of nitrogens with zero attached hydrogens (tertiary/aromatic N) is 3. The molecule has 1 aliphatic heterocycles. The van der Waals surface area contributed by atoms with Crippen LogP contribution in [-0.4, -0.2) is 41.2 Å². The van der Waals surface area contributed by atoms with Crippen LogP contribution in [0.25, 0.3) is 11.4 Å². The largest absolute Gasteiger partial charge is 0.301 e. The molecule has 1 amide bonds. The van der Waals surface area contributed by atoms with E-state index in [4.69, 9.17) is 0 Å². The molecule has 28 heavy (non-hydrogen) atoms. The molecule has 4 rings (SSSR count). The number of hydrogen-bond acceptors (Lipinski definition) is 7. The highest BCUT2D eigenvalue weighted by Crippen LogP contribution is 2.29. The molecule has 1 N–H and O–H groups in total. The van der Waals surface area contributed by atoms with Gasteiger partial charge in [-0.3, -0.25) is 9.78 Å². The number of thiazole rings is 1. The summed E-state index contributed by atoms with van der Waals surface area (Å²) in [5.74, 6) is -0.346. The van der Waals surface area contributed by atoms with Crippen LogP contribution in [0, 0.1) is 0 Å². The monoisotopic (exact) mass is 434 g/mol. The Morgan fingerprint density at radius 2 is 2.04 bits per heavy atom. The Kier molecular flexibility index (Phi) is 5.54. The molecule has 0 bridgehead atoms. The molecule has 1 saturated heterocycles. The fourth-order valence-corrected chi connectivity index (χ4v) is 6.62. The first kappa shape index (κ1) is 19.2. The summed E-state index contributed by atoms with van der Waals surface area (Å²) in [5, 5.41) is 6.76. The SMILES string of the molecule is O=C(Nc1nc(-c2ccccn2)cs1)C1CCCCN1S(=O)(=O)c1cccs1. The predicted octanol–water partition coefficient (Wildman–Crippen LogP) is 3.45. The van der Waals surface area contributed by atoms with E-state index in [1.165, 1.54) is 15.6 Å². The number of aromatic nitrogens is 2. The van der Waals surface area contributed by atoms with E-state index < -0.39 is 16.1 Å². The number of carbonyl (C=O) groups excluding carboxylic acids is 1. The van der Waals surface area contributed by atoms with Gasteiger partial charge in [-0.2, -0.15) is 4.31 Å². The maximum Gasteiger partial charge on any atom is 0.253 e. The van der Waals surface area contributed by atoms with Crippen LogP contribution in [0.5, 0.6) is 0 Å². The molecule has 4 heterocycles. The quantitative estimate of drug-likeness (QED) is 0.664. The molecule has 0 radical (unpaired) electrons. The molecule has 7 nitrogen and oxygen atoms in total. The van der Waals surface area contributed by atoms with Crippen molar-refractivity contribution in [3.8, 4) is 11.4 Å². The smallest absolute Gasteiger partial charge is 0.253 e. The molecule has 10 heteroatoms. The third kappa shape index (κ3) is 3.86. The van der Waals surface area contributed by atoms with Gasteiger partial charge in [0.25, 0.3) is 10.0 Å². The number of rotatable bonds is 5. The Balaban J connectivity index is 1.53. The summed E-state index contributed by atoms with van der Waals surface area (Å²) in [4.78, 5) is 21.5. The highest BCUT2D eigenvalue weighted by atomic mass is 32.2. The third-order valence-corrected chi connectivity index (χ3v) is 8.51. The van der Waals surface area contributed by atoms with E-state index in [0.717, 1.165) is 29.9 Å². The van der Waals surface area contributed by atoms with Crippen molar-refractivity contribution in [3.05, 3.63) is 47.3 Å². The summed E-state index contributed by atoms with van der Waals surface area (Å²) < 4.78 is 27.5. The van der Waals surface area contributed by atoms with Crippen molar-refractivity contribution in [2.75, 3.05) is 11.9 Å². The molecule has 1 fully saturated rings. The number of nitrogens with one attached hydrogen (secondary N) is 1. The molecular formula is C18H18N4O3S3. The van der Waals surface area contributed by atoms with Gasteiger partial charge in [-0.1, -0.05) is 18.6 Å². The molecule has 0 saturated carbocycles. The van der Waals surface area contributed by atoms with Gasteiger partial charge in [-0.05, 0) is 36.4 Å². The van der Waals surface area contributed by atoms with Gasteiger partial charge in [0, 0.05) is 18.1 Å². The number of pyridine rings is 1. The summed E-state index contributed by atoms with van der Waals surface area (Å²) in [7, 11) is -3.68. The fraction of sp³-hybridized carbons (Fsp3) is 0.278. The number of thiophene rings is 1. The highest BCUT2D eigenvalue weighted by molar-refractivity contribution is 7.91. The van der Waals surface area contributed by atoms with E-state index in [2.05, 4.69) is 15.3 Å². The lowest BCUT2D eigenvalue weighted by molar-refractivity contribution is -0.120. The van der Waals surface area contributed by atoms with Gasteiger partial charge in [0.2, 0.25) is 5.91 Å². The van der Waals surface area contributed by atoms with E-state index in [1.807, 2.05) is 23.6 Å². The Hall–Kier alpha value is -2.14. The molecule has 1 atom stereocenters. The van der Waals surface area contributed by atoms with Crippen molar-refractivity contribution in [2.24, 2.45) is 0 Å². The molecule has 1 unspecified atom stereocenters. The molecule has 0 aromatic carbocycles. The highest BCUT2D eigenvalue weighted by Gasteiger charge is 2.38. The summed E-state index contributed by atoms with van der Waals surface area (Å²) in [6, 6.07) is 8.08. The Morgan fingerprint density at radius 3 is 2.79 bits per heavy atom. The zero-order chi connectivity index (χ0) is 19.6. The number of amides is 1. The van der Waals surface area contributed by atoms with Crippen molar-refractivity contribution >= 4 is 43.7 Å². The summed E-state index contributed by atoms with van der Waals surface area (Å²) in [6.45, 7) is 0.343. The second kappa shape index (κ2) is 8.08. The minimum atomic E-state index is -3.68. The van der Waals surface area contributed by atoms with Crippen molar-refractivity contribution in [1.29, 1.82) is 0 Å². The van der Waals surface area contributed by atoms with Gasteiger partial charge >= 0.3 is 0 Å². The average Bonchev–Trinajstić information content (AvgIpc) is 3.41. The molecule has 3 aromatic heterocycles. The Labute approximate surface area is 171 Å². The number of carbonyl (C=O) groups is 1. The second-order valence-corrected chi connectivity index (χ2v) is 10.2. The molecular weight excluding hydrogens is 416 g/mol. The maximum absolute atomic E-state index is 12.9. The summed E-state index contributed by atoms with van der Waals surface area (Å²) >= 11 is 2.46. The zero-order valence-corrected chi connectivity index (χ0v) is 17.3. The van der Waals surface area contributed by atoms with Crippen LogP contribution in [0.1, 0.15) is 19.3 Å². The van der Waals surface area contributed by atoms with Crippen molar-refractivity contribution in [2.45, 2.75) is 29.5 Å². The van der Waals surface area contributed by atoms with Gasteiger partial charge < -0.3 is 5.32 Å². The van der Waals surface area contributed by atoms with Gasteiger partial charge in [0.05, 0.1) is 5.69 Å². The van der Waals surface area contributed by atoms with Crippen molar-refractivity contribution in [1.82, 2.24) is 14.3 Å². The first-order valence-electron chi connectivity index (χ1n) is 8.79. The van der Waals surface area contributed by atoms with Gasteiger partial charge in [-0.25, -0.2) is 13.4 Å². The number of anilines is 1. The first-order chi connectivity index (χ1) is 13.6. The van der Waals surface area contributed by atoms with Crippen LogP contribution < -0.4 is 5.32 Å². The van der Waals surface area contributed by atoms with Crippen molar-refractivity contribution in [3.63, 3.8) is 0 Å². The maximum atomic E-state index is 12.9. The van der Waals surface area contributed by atoms with Crippen LogP contribution in [0.3, 0.4) is 0 Å². The van der Waals surface area contributed by atoms with Crippen LogP contribution in [0.4, 0.5) is 5.13 Å². The van der Waals surface area contributed by atoms with Gasteiger partial charge in [0.15, 0.2) is 5.13 Å². The number of piperidine rings is 1. The van der Waals surface area contributed by atoms with E-state index in [9.17, 15) is 13.2 Å². The van der Waals surface area contributed by atoms with E-state index in [1.54, 1.807) is 23.7 Å². The van der Waals surface area contributed by atoms with E-state index in [-0.39, 0.29) is 10.1 Å². The lowest BCUT2D eigenvalue weighted by atomic mass is 10.0. The summed E-state index contributed by atoms with van der Waals surface area (Å²) in [5.41, 5.74) is 1.39. The average molecular weight is 435 g/mol. The van der Waals surface area contributed by atoms with Crippen LogP contribution in [0.2, 0.25) is 0 Å². The lowest BCUT2D eigenvalue weighted by Crippen LogP contribution is -2.49. The third-order valence-electron chi connectivity index (χ3n) is 4.48. The lowest BCUT2D eigenvalue weighted by Gasteiger charge is -2.32. The number of sulfonamides is 1. The fourth-order valence-electron chi connectivity index (χ4n) is 3.13. The molecule has 0 aliphatic carbocycles. The first-order valence-corrected chi connectivity index (χ1v) is 12.0. The van der Waals surface area contributed by atoms with Gasteiger partial charge in [-0.15, -0.1) is 22.7 Å². The van der Waals surface area contributed by atoms with E-state index >= 15 is 0 Å². The Bertz CT molecular complexity index is 1050. The summed E-state index contributed by atoms with van der Waals surface area (Å²) in [6.07, 6.45) is 3.73. The normalized spacial score (nSPS) is 18.1. The minimum Gasteiger partial charge on any atom is -0.301 e. The van der Waals surface area contributed by atoms with Crippen LogP contribution in [0.15, 0.2) is 51.5 Å². The predicted molar refractivity (Wildman–Crippen MR) is 110 cm³/mol. The topological polar surface area (TPSA) is 92.3 Å². The minimum absolute atomic E-state index is 0.263. The van der Waals surface area contributed by atoms with Crippen molar-refractivity contribution < 1.29 is 13.2 Å². The molecule has 1 aliphatic rings. The molecule has 146 valence electrons. The Morgan fingerprint density at radius 1 is 1.14 bits per heavy atom.